The van der Waals surface area contributed by atoms with Crippen molar-refractivity contribution in [3.05, 3.63) is 45.6 Å². The van der Waals surface area contributed by atoms with E-state index in [2.05, 4.69) is 18.3 Å². The third-order valence-electron chi connectivity index (χ3n) is 5.64. The predicted molar refractivity (Wildman–Crippen MR) is 131 cm³/mol. The van der Waals surface area contributed by atoms with E-state index in [1.807, 2.05) is 63.1 Å². The predicted octanol–water partition coefficient (Wildman–Crippen LogP) is 4.92. The Labute approximate surface area is 200 Å². The maximum atomic E-state index is 13.6. The van der Waals surface area contributed by atoms with Crippen LogP contribution in [0.4, 0.5) is 4.79 Å². The topological polar surface area (TPSA) is 71.1 Å². The molecule has 180 valence electrons. The number of fused-ring (bicyclic) bond motifs is 1. The largest absolute Gasteiger partial charge is 0.454 e. The molecule has 3 amide bonds. The van der Waals surface area contributed by atoms with Crippen molar-refractivity contribution in [2.75, 3.05) is 13.3 Å². The molecule has 2 aromatic rings. The van der Waals surface area contributed by atoms with E-state index in [0.717, 1.165) is 22.4 Å². The lowest BCUT2D eigenvalue weighted by Gasteiger charge is -2.33. The minimum atomic E-state index is -0.383. The monoisotopic (exact) mass is 473 g/mol. The minimum Gasteiger partial charge on any atom is -0.454 e. The lowest BCUT2D eigenvalue weighted by atomic mass is 10.1. The van der Waals surface area contributed by atoms with E-state index < -0.39 is 0 Å². The van der Waals surface area contributed by atoms with E-state index in [-0.39, 0.29) is 36.9 Å². The van der Waals surface area contributed by atoms with Crippen molar-refractivity contribution in [2.45, 2.75) is 72.6 Å². The van der Waals surface area contributed by atoms with Crippen molar-refractivity contribution >= 4 is 23.3 Å². The van der Waals surface area contributed by atoms with Gasteiger partial charge >= 0.3 is 6.03 Å². The SMILES string of the molecule is CCC(C)N(CC(=O)N(Cc1ccc2c(c1)OCO2)Cc1sccc1C)C(=O)NC(C)(C)C. The number of nitrogens with one attached hydrogen (secondary N) is 1. The maximum Gasteiger partial charge on any atom is 0.318 e. The zero-order valence-corrected chi connectivity index (χ0v) is 21.3. The Morgan fingerprint density at radius 3 is 2.52 bits per heavy atom. The number of hydrogen-bond acceptors (Lipinski definition) is 5. The summed E-state index contributed by atoms with van der Waals surface area (Å²) in [6, 6.07) is 7.52. The van der Waals surface area contributed by atoms with Crippen LogP contribution in [0.1, 0.15) is 57.0 Å². The quantitative estimate of drug-likeness (QED) is 0.591. The molecule has 2 heterocycles. The van der Waals surface area contributed by atoms with Gasteiger partial charge in [-0.2, -0.15) is 0 Å². The van der Waals surface area contributed by atoms with Gasteiger partial charge in [-0.1, -0.05) is 13.0 Å². The van der Waals surface area contributed by atoms with E-state index in [1.165, 1.54) is 0 Å². The smallest absolute Gasteiger partial charge is 0.318 e. The first-order valence-corrected chi connectivity index (χ1v) is 12.2. The molecule has 1 atom stereocenters. The number of benzene rings is 1. The summed E-state index contributed by atoms with van der Waals surface area (Å²) in [5, 5.41) is 5.04. The molecule has 1 unspecified atom stereocenters. The van der Waals surface area contributed by atoms with Crippen LogP contribution in [-0.2, 0) is 17.9 Å². The van der Waals surface area contributed by atoms with Crippen LogP contribution in [-0.4, -0.2) is 46.7 Å². The van der Waals surface area contributed by atoms with Crippen molar-refractivity contribution in [3.8, 4) is 11.5 Å². The molecule has 0 radical (unpaired) electrons. The van der Waals surface area contributed by atoms with Crippen molar-refractivity contribution in [1.29, 1.82) is 0 Å². The molecular weight excluding hydrogens is 438 g/mol. The fraction of sp³-hybridized carbons (Fsp3) is 0.520. The number of urea groups is 1. The molecule has 0 saturated heterocycles. The molecule has 0 saturated carbocycles. The third kappa shape index (κ3) is 6.63. The van der Waals surface area contributed by atoms with Crippen molar-refractivity contribution in [1.82, 2.24) is 15.1 Å². The van der Waals surface area contributed by atoms with Crippen LogP contribution in [0.3, 0.4) is 0 Å². The Morgan fingerprint density at radius 2 is 1.88 bits per heavy atom. The number of thiophene rings is 1. The highest BCUT2D eigenvalue weighted by molar-refractivity contribution is 7.10. The molecule has 1 aliphatic rings. The van der Waals surface area contributed by atoms with Crippen LogP contribution in [0.5, 0.6) is 11.5 Å². The standard InChI is InChI=1S/C25H35N3O4S/c1-7-18(3)28(24(30)26-25(4,5)6)15-23(29)27(14-22-17(2)10-11-33-22)13-19-8-9-20-21(12-19)32-16-31-20/h8-12,18H,7,13-16H2,1-6H3,(H,26,30). The highest BCUT2D eigenvalue weighted by Crippen LogP contribution is 2.33. The summed E-state index contributed by atoms with van der Waals surface area (Å²) < 4.78 is 10.9. The van der Waals surface area contributed by atoms with Gasteiger partial charge in [0.1, 0.15) is 6.54 Å². The van der Waals surface area contributed by atoms with E-state index in [9.17, 15) is 9.59 Å². The van der Waals surface area contributed by atoms with Gasteiger partial charge < -0.3 is 24.6 Å². The van der Waals surface area contributed by atoms with Crippen molar-refractivity contribution in [2.24, 2.45) is 0 Å². The summed E-state index contributed by atoms with van der Waals surface area (Å²) in [5.74, 6) is 1.32. The average molecular weight is 474 g/mol. The lowest BCUT2D eigenvalue weighted by Crippen LogP contribution is -2.54. The molecule has 1 N–H and O–H groups in total. The van der Waals surface area contributed by atoms with Gasteiger partial charge in [-0.15, -0.1) is 11.3 Å². The molecule has 0 fully saturated rings. The van der Waals surface area contributed by atoms with Crippen LogP contribution in [0.2, 0.25) is 0 Å². The number of amides is 3. The van der Waals surface area contributed by atoms with Crippen molar-refractivity contribution < 1.29 is 19.1 Å². The van der Waals surface area contributed by atoms with Gasteiger partial charge in [0.2, 0.25) is 12.7 Å². The summed E-state index contributed by atoms with van der Waals surface area (Å²) in [7, 11) is 0. The van der Waals surface area contributed by atoms with Gasteiger partial charge in [-0.25, -0.2) is 4.79 Å². The fourth-order valence-electron chi connectivity index (χ4n) is 3.52. The number of carbonyl (C=O) groups is 2. The summed E-state index contributed by atoms with van der Waals surface area (Å²) in [4.78, 5) is 31.2. The van der Waals surface area contributed by atoms with Gasteiger partial charge in [0, 0.05) is 23.0 Å². The highest BCUT2D eigenvalue weighted by atomic mass is 32.1. The minimum absolute atomic E-state index is 0.0197. The summed E-state index contributed by atoms with van der Waals surface area (Å²) in [6.07, 6.45) is 0.761. The zero-order chi connectivity index (χ0) is 24.2. The molecule has 7 nitrogen and oxygen atoms in total. The second kappa shape index (κ2) is 10.5. The first-order valence-electron chi connectivity index (χ1n) is 11.4. The second-order valence-corrected chi connectivity index (χ2v) is 10.5. The molecule has 1 aromatic carbocycles. The molecule has 33 heavy (non-hydrogen) atoms. The van der Waals surface area contributed by atoms with E-state index in [4.69, 9.17) is 9.47 Å². The second-order valence-electron chi connectivity index (χ2n) is 9.53. The van der Waals surface area contributed by atoms with Gasteiger partial charge in [0.15, 0.2) is 11.5 Å². The first-order chi connectivity index (χ1) is 15.6. The van der Waals surface area contributed by atoms with Gasteiger partial charge in [0.05, 0.1) is 6.54 Å². The Kier molecular flexibility index (Phi) is 7.89. The number of nitrogens with zero attached hydrogens (tertiary/aromatic N) is 2. The summed E-state index contributed by atoms with van der Waals surface area (Å²) in [6.45, 7) is 13.0. The number of aryl methyl sites for hydroxylation is 1. The highest BCUT2D eigenvalue weighted by Gasteiger charge is 2.28. The van der Waals surface area contributed by atoms with E-state index in [1.54, 1.807) is 16.2 Å². The van der Waals surface area contributed by atoms with E-state index in [0.29, 0.717) is 24.6 Å². The Bertz CT molecular complexity index is 982. The molecule has 3 rings (SSSR count). The molecular formula is C25H35N3O4S. The number of hydrogen-bond donors (Lipinski definition) is 1. The van der Waals surface area contributed by atoms with Crippen LogP contribution >= 0.6 is 11.3 Å². The average Bonchev–Trinajstić information content (AvgIpc) is 3.37. The number of rotatable bonds is 8. The van der Waals surface area contributed by atoms with Gasteiger partial charge in [0.25, 0.3) is 0 Å². The summed E-state index contributed by atoms with van der Waals surface area (Å²) >= 11 is 1.64. The number of ether oxygens (including phenoxy) is 2. The van der Waals surface area contributed by atoms with Crippen molar-refractivity contribution in [3.63, 3.8) is 0 Å². The lowest BCUT2D eigenvalue weighted by molar-refractivity contribution is -0.133. The van der Waals surface area contributed by atoms with Crippen LogP contribution in [0.25, 0.3) is 0 Å². The maximum absolute atomic E-state index is 13.6. The molecule has 0 bridgehead atoms. The first kappa shape index (κ1) is 24.9. The van der Waals surface area contributed by atoms with Gasteiger partial charge in [-0.3, -0.25) is 4.79 Å². The van der Waals surface area contributed by atoms with Crippen LogP contribution in [0.15, 0.2) is 29.6 Å². The molecule has 8 heteroatoms. The Balaban J connectivity index is 1.82. The molecule has 0 aliphatic carbocycles. The Morgan fingerprint density at radius 1 is 1.15 bits per heavy atom. The molecule has 1 aromatic heterocycles. The van der Waals surface area contributed by atoms with Crippen LogP contribution < -0.4 is 14.8 Å². The van der Waals surface area contributed by atoms with Crippen LogP contribution in [0, 0.1) is 6.92 Å². The normalized spacial score (nSPS) is 13.5. The fourth-order valence-corrected chi connectivity index (χ4v) is 4.44. The number of carbonyl (C=O) groups excluding carboxylic acids is 2. The Hall–Kier alpha value is -2.74. The molecule has 1 aliphatic heterocycles. The summed E-state index contributed by atoms with van der Waals surface area (Å²) in [5.41, 5.74) is 1.73. The zero-order valence-electron chi connectivity index (χ0n) is 20.4. The van der Waals surface area contributed by atoms with E-state index >= 15 is 0 Å². The third-order valence-corrected chi connectivity index (χ3v) is 6.64. The van der Waals surface area contributed by atoms with Gasteiger partial charge in [-0.05, 0) is 75.7 Å². The molecule has 0 spiro atoms.